The van der Waals surface area contributed by atoms with Crippen LogP contribution in [0.2, 0.25) is 0 Å². The first-order valence-corrected chi connectivity index (χ1v) is 7.09. The third kappa shape index (κ3) is 3.12. The van der Waals surface area contributed by atoms with E-state index in [1.54, 1.807) is 12.1 Å². The van der Waals surface area contributed by atoms with E-state index in [9.17, 15) is 4.39 Å². The zero-order valence-electron chi connectivity index (χ0n) is 9.81. The van der Waals surface area contributed by atoms with Gasteiger partial charge in [0.1, 0.15) is 5.82 Å². The average molecular weight is 373 g/mol. The number of hydrogen-bond acceptors (Lipinski definition) is 1. The Balaban J connectivity index is 2.16. The summed E-state index contributed by atoms with van der Waals surface area (Å²) in [5.74, 6) is -0.196. The summed E-state index contributed by atoms with van der Waals surface area (Å²) in [4.78, 5) is 0. The summed E-state index contributed by atoms with van der Waals surface area (Å²) in [5.41, 5.74) is 2.76. The van der Waals surface area contributed by atoms with Gasteiger partial charge in [0.15, 0.2) is 0 Å². The molecule has 2 aromatic rings. The highest BCUT2D eigenvalue weighted by Gasteiger charge is 2.05. The van der Waals surface area contributed by atoms with Gasteiger partial charge in [-0.25, -0.2) is 4.39 Å². The third-order valence-electron chi connectivity index (χ3n) is 2.74. The predicted octanol–water partition coefficient (Wildman–Crippen LogP) is 5.27. The highest BCUT2D eigenvalue weighted by Crippen LogP contribution is 2.24. The van der Waals surface area contributed by atoms with Crippen molar-refractivity contribution in [3.05, 3.63) is 62.3 Å². The molecular weight excluding hydrogens is 361 g/mol. The third-order valence-corrected chi connectivity index (χ3v) is 4.10. The maximum atomic E-state index is 13.6. The van der Waals surface area contributed by atoms with Crippen LogP contribution in [0.15, 0.2) is 45.3 Å². The van der Waals surface area contributed by atoms with Gasteiger partial charge in [-0.15, -0.1) is 0 Å². The van der Waals surface area contributed by atoms with Crippen LogP contribution in [-0.2, 0) is 6.54 Å². The molecule has 0 aliphatic heterocycles. The molecule has 4 heteroatoms. The fourth-order valence-electron chi connectivity index (χ4n) is 1.67. The Morgan fingerprint density at radius 3 is 2.72 bits per heavy atom. The van der Waals surface area contributed by atoms with E-state index in [0.29, 0.717) is 12.1 Å². The lowest BCUT2D eigenvalue weighted by molar-refractivity contribution is 0.612. The Hall–Kier alpha value is -0.870. The van der Waals surface area contributed by atoms with E-state index < -0.39 is 0 Å². The van der Waals surface area contributed by atoms with Crippen LogP contribution in [0, 0.1) is 12.7 Å². The highest BCUT2D eigenvalue weighted by atomic mass is 79.9. The SMILES string of the molecule is Cc1c(Br)cccc1NCc1cc(Br)ccc1F. The molecule has 0 heterocycles. The van der Waals surface area contributed by atoms with Gasteiger partial charge in [-0.3, -0.25) is 0 Å². The van der Waals surface area contributed by atoms with Crippen LogP contribution in [0.4, 0.5) is 10.1 Å². The van der Waals surface area contributed by atoms with Gasteiger partial charge in [-0.2, -0.15) is 0 Å². The quantitative estimate of drug-likeness (QED) is 0.773. The Kier molecular flexibility index (Phi) is 4.40. The van der Waals surface area contributed by atoms with Crippen LogP contribution in [0.3, 0.4) is 0 Å². The van der Waals surface area contributed by atoms with Crippen molar-refractivity contribution in [3.63, 3.8) is 0 Å². The van der Waals surface area contributed by atoms with Crippen molar-refractivity contribution in [1.82, 2.24) is 0 Å². The minimum absolute atomic E-state index is 0.196. The second kappa shape index (κ2) is 5.85. The molecule has 18 heavy (non-hydrogen) atoms. The Morgan fingerprint density at radius 1 is 1.17 bits per heavy atom. The van der Waals surface area contributed by atoms with Crippen molar-refractivity contribution in [2.75, 3.05) is 5.32 Å². The van der Waals surface area contributed by atoms with Gasteiger partial charge >= 0.3 is 0 Å². The van der Waals surface area contributed by atoms with Crippen LogP contribution < -0.4 is 5.32 Å². The fourth-order valence-corrected chi connectivity index (χ4v) is 2.44. The topological polar surface area (TPSA) is 12.0 Å². The van der Waals surface area contributed by atoms with Gasteiger partial charge in [0.25, 0.3) is 0 Å². The standard InChI is InChI=1S/C14H12Br2FN/c1-9-12(16)3-2-4-14(9)18-8-10-7-11(15)5-6-13(10)17/h2-7,18H,8H2,1H3. The van der Waals surface area contributed by atoms with E-state index in [-0.39, 0.29) is 5.82 Å². The largest absolute Gasteiger partial charge is 0.381 e. The van der Waals surface area contributed by atoms with Gasteiger partial charge in [-0.1, -0.05) is 37.9 Å². The zero-order chi connectivity index (χ0) is 13.1. The van der Waals surface area contributed by atoms with Crippen molar-refractivity contribution < 1.29 is 4.39 Å². The van der Waals surface area contributed by atoms with Crippen molar-refractivity contribution in [2.45, 2.75) is 13.5 Å². The van der Waals surface area contributed by atoms with Crippen molar-refractivity contribution in [2.24, 2.45) is 0 Å². The lowest BCUT2D eigenvalue weighted by Gasteiger charge is -2.11. The molecule has 0 atom stereocenters. The summed E-state index contributed by atoms with van der Waals surface area (Å²) < 4.78 is 15.5. The molecule has 0 saturated carbocycles. The van der Waals surface area contributed by atoms with Crippen LogP contribution >= 0.6 is 31.9 Å². The molecule has 2 aromatic carbocycles. The summed E-state index contributed by atoms with van der Waals surface area (Å²) in [6, 6.07) is 10.9. The monoisotopic (exact) mass is 371 g/mol. The van der Waals surface area contributed by atoms with Crippen LogP contribution in [0.25, 0.3) is 0 Å². The lowest BCUT2D eigenvalue weighted by atomic mass is 10.1. The van der Waals surface area contributed by atoms with E-state index >= 15 is 0 Å². The number of anilines is 1. The molecule has 2 rings (SSSR count). The van der Waals surface area contributed by atoms with E-state index in [1.165, 1.54) is 6.07 Å². The maximum Gasteiger partial charge on any atom is 0.128 e. The van der Waals surface area contributed by atoms with Crippen LogP contribution in [0.1, 0.15) is 11.1 Å². The summed E-state index contributed by atoms with van der Waals surface area (Å²) in [6.07, 6.45) is 0. The van der Waals surface area contributed by atoms with Gasteiger partial charge in [-0.05, 0) is 42.8 Å². The van der Waals surface area contributed by atoms with Crippen molar-refractivity contribution in [3.8, 4) is 0 Å². The predicted molar refractivity (Wildman–Crippen MR) is 80.3 cm³/mol. The molecule has 0 aliphatic rings. The highest BCUT2D eigenvalue weighted by molar-refractivity contribution is 9.10. The maximum absolute atomic E-state index is 13.6. The molecule has 1 N–H and O–H groups in total. The summed E-state index contributed by atoms with van der Waals surface area (Å²) >= 11 is 6.82. The molecule has 0 spiro atoms. The molecule has 0 amide bonds. The Bertz CT molecular complexity index is 568. The number of halogens is 3. The molecule has 94 valence electrons. The van der Waals surface area contributed by atoms with Gasteiger partial charge in [0, 0.05) is 26.7 Å². The first-order valence-electron chi connectivity index (χ1n) is 5.51. The number of hydrogen-bond donors (Lipinski definition) is 1. The summed E-state index contributed by atoms with van der Waals surface area (Å²) in [7, 11) is 0. The van der Waals surface area contributed by atoms with Gasteiger partial charge < -0.3 is 5.32 Å². The minimum Gasteiger partial charge on any atom is -0.381 e. The molecule has 0 aliphatic carbocycles. The molecule has 0 unspecified atom stereocenters. The summed E-state index contributed by atoms with van der Waals surface area (Å²) in [6.45, 7) is 2.48. The van der Waals surface area contributed by atoms with E-state index in [2.05, 4.69) is 37.2 Å². The van der Waals surface area contributed by atoms with Gasteiger partial charge in [0.2, 0.25) is 0 Å². The summed E-state index contributed by atoms with van der Waals surface area (Å²) in [5, 5.41) is 3.25. The van der Waals surface area contributed by atoms with E-state index in [1.807, 2.05) is 25.1 Å². The second-order valence-corrected chi connectivity index (χ2v) is 5.77. The second-order valence-electron chi connectivity index (χ2n) is 4.00. The Morgan fingerprint density at radius 2 is 1.94 bits per heavy atom. The first kappa shape index (κ1) is 13.6. The molecule has 1 nitrogen and oxygen atoms in total. The fraction of sp³-hybridized carbons (Fsp3) is 0.143. The van der Waals surface area contributed by atoms with E-state index in [0.717, 1.165) is 20.2 Å². The zero-order valence-corrected chi connectivity index (χ0v) is 13.0. The van der Waals surface area contributed by atoms with Crippen molar-refractivity contribution >= 4 is 37.5 Å². The normalized spacial score (nSPS) is 10.4. The van der Waals surface area contributed by atoms with Crippen LogP contribution in [-0.4, -0.2) is 0 Å². The minimum atomic E-state index is -0.196. The molecule has 0 radical (unpaired) electrons. The molecule has 0 fully saturated rings. The average Bonchev–Trinajstić information content (AvgIpc) is 2.35. The number of benzene rings is 2. The molecule has 0 aromatic heterocycles. The number of nitrogens with one attached hydrogen (secondary N) is 1. The van der Waals surface area contributed by atoms with E-state index in [4.69, 9.17) is 0 Å². The molecule has 0 saturated heterocycles. The van der Waals surface area contributed by atoms with Crippen LogP contribution in [0.5, 0.6) is 0 Å². The first-order chi connectivity index (χ1) is 8.58. The molecule has 0 bridgehead atoms. The van der Waals surface area contributed by atoms with Gasteiger partial charge in [0.05, 0.1) is 0 Å². The number of rotatable bonds is 3. The smallest absolute Gasteiger partial charge is 0.128 e. The Labute approximate surface area is 123 Å². The lowest BCUT2D eigenvalue weighted by Crippen LogP contribution is -2.03. The molecular formula is C14H12Br2FN. The van der Waals surface area contributed by atoms with Crippen molar-refractivity contribution in [1.29, 1.82) is 0 Å².